The zero-order valence-corrected chi connectivity index (χ0v) is 14.7. The molecule has 2 aromatic carbocycles. The van der Waals surface area contributed by atoms with Crippen LogP contribution < -0.4 is 10.6 Å². The molecule has 0 saturated heterocycles. The molecule has 0 spiro atoms. The number of halogens is 2. The van der Waals surface area contributed by atoms with E-state index in [2.05, 4.69) is 15.6 Å². The molecule has 0 aliphatic rings. The van der Waals surface area contributed by atoms with Gasteiger partial charge in [0.25, 0.3) is 5.91 Å². The number of carbonyl (C=O) groups is 1. The van der Waals surface area contributed by atoms with Crippen molar-refractivity contribution in [3.63, 3.8) is 0 Å². The van der Waals surface area contributed by atoms with Gasteiger partial charge in [0, 0.05) is 34.2 Å². The summed E-state index contributed by atoms with van der Waals surface area (Å²) in [5.41, 5.74) is 2.79. The average molecular weight is 372 g/mol. The van der Waals surface area contributed by atoms with Gasteiger partial charge in [0.1, 0.15) is 5.69 Å². The Kier molecular flexibility index (Phi) is 5.53. The lowest BCUT2D eigenvalue weighted by molar-refractivity contribution is 0.102. The minimum Gasteiger partial charge on any atom is -0.381 e. The van der Waals surface area contributed by atoms with Gasteiger partial charge in [0.15, 0.2) is 0 Å². The average Bonchev–Trinajstić information content (AvgIpc) is 2.60. The normalized spacial score (nSPS) is 10.3. The molecule has 6 heteroatoms. The molecule has 0 aliphatic heterocycles. The molecule has 0 bridgehead atoms. The Morgan fingerprint density at radius 1 is 0.920 bits per heavy atom. The molecule has 0 saturated carbocycles. The Hall–Kier alpha value is -2.56. The van der Waals surface area contributed by atoms with Crippen LogP contribution in [-0.4, -0.2) is 10.9 Å². The van der Waals surface area contributed by atoms with E-state index in [1.807, 2.05) is 36.4 Å². The number of hydrogen-bond donors (Lipinski definition) is 2. The molecule has 1 heterocycles. The van der Waals surface area contributed by atoms with Crippen LogP contribution in [0.1, 0.15) is 16.1 Å². The third-order valence-electron chi connectivity index (χ3n) is 3.45. The van der Waals surface area contributed by atoms with Crippen molar-refractivity contribution in [3.8, 4) is 0 Å². The van der Waals surface area contributed by atoms with E-state index in [9.17, 15) is 4.79 Å². The van der Waals surface area contributed by atoms with Crippen molar-refractivity contribution in [1.82, 2.24) is 4.98 Å². The largest absolute Gasteiger partial charge is 0.381 e. The Balaban J connectivity index is 1.68. The van der Waals surface area contributed by atoms with Crippen LogP contribution in [0.2, 0.25) is 10.0 Å². The molecule has 0 radical (unpaired) electrons. The number of anilines is 2. The topological polar surface area (TPSA) is 54.0 Å². The second-order valence-electron chi connectivity index (χ2n) is 5.38. The van der Waals surface area contributed by atoms with Gasteiger partial charge in [-0.3, -0.25) is 9.78 Å². The summed E-state index contributed by atoms with van der Waals surface area (Å²) in [6.45, 7) is 0.663. The molecule has 0 atom stereocenters. The van der Waals surface area contributed by atoms with Crippen molar-refractivity contribution in [2.24, 2.45) is 0 Å². The standard InChI is InChI=1S/C19H15Cl2N3O/c20-14-8-15(21)10-17(9-14)24-19(25)18-11-16(6-7-22-18)23-12-13-4-2-1-3-5-13/h1-11H,12H2,(H,22,23)(H,24,25). The first-order valence-corrected chi connectivity index (χ1v) is 8.37. The fourth-order valence-corrected chi connectivity index (χ4v) is 2.81. The second kappa shape index (κ2) is 8.01. The molecule has 2 N–H and O–H groups in total. The SMILES string of the molecule is O=C(Nc1cc(Cl)cc(Cl)c1)c1cc(NCc2ccccc2)ccn1. The molecule has 4 nitrogen and oxygen atoms in total. The summed E-state index contributed by atoms with van der Waals surface area (Å²) in [6.07, 6.45) is 1.59. The molecule has 0 aliphatic carbocycles. The van der Waals surface area contributed by atoms with Crippen LogP contribution in [-0.2, 0) is 6.54 Å². The zero-order chi connectivity index (χ0) is 17.6. The number of carbonyl (C=O) groups excluding carboxylic acids is 1. The van der Waals surface area contributed by atoms with E-state index in [1.54, 1.807) is 30.5 Å². The van der Waals surface area contributed by atoms with Gasteiger partial charge in [-0.25, -0.2) is 0 Å². The van der Waals surface area contributed by atoms with E-state index in [-0.39, 0.29) is 5.91 Å². The predicted molar refractivity (Wildman–Crippen MR) is 102 cm³/mol. The highest BCUT2D eigenvalue weighted by atomic mass is 35.5. The van der Waals surface area contributed by atoms with Crippen LogP contribution in [0.4, 0.5) is 11.4 Å². The molecule has 1 amide bonds. The van der Waals surface area contributed by atoms with Gasteiger partial charge in [-0.05, 0) is 35.9 Å². The van der Waals surface area contributed by atoms with E-state index in [4.69, 9.17) is 23.2 Å². The maximum absolute atomic E-state index is 12.4. The number of nitrogens with zero attached hydrogens (tertiary/aromatic N) is 1. The Morgan fingerprint density at radius 2 is 1.64 bits per heavy atom. The molecule has 1 aromatic heterocycles. The molecular formula is C19H15Cl2N3O. The smallest absolute Gasteiger partial charge is 0.274 e. The first-order chi connectivity index (χ1) is 12.1. The van der Waals surface area contributed by atoms with Crippen LogP contribution in [0.15, 0.2) is 66.9 Å². The van der Waals surface area contributed by atoms with Crippen LogP contribution in [0, 0.1) is 0 Å². The quantitative estimate of drug-likeness (QED) is 0.643. The number of rotatable bonds is 5. The summed E-state index contributed by atoms with van der Waals surface area (Å²) in [5, 5.41) is 6.92. The Labute approximate surface area is 155 Å². The highest BCUT2D eigenvalue weighted by Crippen LogP contribution is 2.23. The third-order valence-corrected chi connectivity index (χ3v) is 3.89. The van der Waals surface area contributed by atoms with Crippen LogP contribution >= 0.6 is 23.2 Å². The van der Waals surface area contributed by atoms with E-state index >= 15 is 0 Å². The molecule has 0 fully saturated rings. The fraction of sp³-hybridized carbons (Fsp3) is 0.0526. The lowest BCUT2D eigenvalue weighted by Crippen LogP contribution is -2.14. The summed E-state index contributed by atoms with van der Waals surface area (Å²) < 4.78 is 0. The van der Waals surface area contributed by atoms with Crippen molar-refractivity contribution >= 4 is 40.5 Å². The van der Waals surface area contributed by atoms with E-state index in [1.165, 1.54) is 0 Å². The minimum atomic E-state index is -0.332. The number of benzene rings is 2. The van der Waals surface area contributed by atoms with Gasteiger partial charge < -0.3 is 10.6 Å². The van der Waals surface area contributed by atoms with Gasteiger partial charge in [-0.2, -0.15) is 0 Å². The number of aromatic nitrogens is 1. The van der Waals surface area contributed by atoms with E-state index in [0.29, 0.717) is 28.0 Å². The number of amides is 1. The lowest BCUT2D eigenvalue weighted by Gasteiger charge is -2.09. The molecule has 126 valence electrons. The molecule has 0 unspecified atom stereocenters. The number of nitrogens with one attached hydrogen (secondary N) is 2. The van der Waals surface area contributed by atoms with E-state index in [0.717, 1.165) is 11.3 Å². The van der Waals surface area contributed by atoms with Crippen molar-refractivity contribution in [3.05, 3.63) is 88.2 Å². The Bertz CT molecular complexity index is 865. The minimum absolute atomic E-state index is 0.300. The Morgan fingerprint density at radius 3 is 2.36 bits per heavy atom. The maximum Gasteiger partial charge on any atom is 0.274 e. The highest BCUT2D eigenvalue weighted by molar-refractivity contribution is 6.35. The number of pyridine rings is 1. The molecular weight excluding hydrogens is 357 g/mol. The van der Waals surface area contributed by atoms with Gasteiger partial charge in [-0.1, -0.05) is 53.5 Å². The van der Waals surface area contributed by atoms with Gasteiger partial charge >= 0.3 is 0 Å². The van der Waals surface area contributed by atoms with Crippen LogP contribution in [0.25, 0.3) is 0 Å². The summed E-state index contributed by atoms with van der Waals surface area (Å²) in [6, 6.07) is 18.4. The fourth-order valence-electron chi connectivity index (χ4n) is 2.29. The second-order valence-corrected chi connectivity index (χ2v) is 6.25. The van der Waals surface area contributed by atoms with E-state index < -0.39 is 0 Å². The van der Waals surface area contributed by atoms with Gasteiger partial charge in [0.05, 0.1) is 0 Å². The summed E-state index contributed by atoms with van der Waals surface area (Å²) in [5.74, 6) is -0.332. The van der Waals surface area contributed by atoms with Crippen molar-refractivity contribution < 1.29 is 4.79 Å². The summed E-state index contributed by atoms with van der Waals surface area (Å²) in [7, 11) is 0. The molecule has 3 rings (SSSR count). The lowest BCUT2D eigenvalue weighted by atomic mass is 10.2. The van der Waals surface area contributed by atoms with Crippen LogP contribution in [0.3, 0.4) is 0 Å². The van der Waals surface area contributed by atoms with Gasteiger partial charge in [-0.15, -0.1) is 0 Å². The van der Waals surface area contributed by atoms with Gasteiger partial charge in [0.2, 0.25) is 0 Å². The van der Waals surface area contributed by atoms with Crippen molar-refractivity contribution in [2.75, 3.05) is 10.6 Å². The van der Waals surface area contributed by atoms with Crippen LogP contribution in [0.5, 0.6) is 0 Å². The first kappa shape index (κ1) is 17.3. The molecule has 25 heavy (non-hydrogen) atoms. The number of hydrogen-bond acceptors (Lipinski definition) is 3. The molecule has 3 aromatic rings. The van der Waals surface area contributed by atoms with Crippen molar-refractivity contribution in [1.29, 1.82) is 0 Å². The predicted octanol–water partition coefficient (Wildman–Crippen LogP) is 5.25. The highest BCUT2D eigenvalue weighted by Gasteiger charge is 2.09. The zero-order valence-electron chi connectivity index (χ0n) is 13.2. The monoisotopic (exact) mass is 371 g/mol. The summed E-state index contributed by atoms with van der Waals surface area (Å²) >= 11 is 11.9. The summed E-state index contributed by atoms with van der Waals surface area (Å²) in [4.78, 5) is 16.5. The first-order valence-electron chi connectivity index (χ1n) is 7.61. The third kappa shape index (κ3) is 4.95. The van der Waals surface area contributed by atoms with Crippen molar-refractivity contribution in [2.45, 2.75) is 6.54 Å². The maximum atomic E-state index is 12.4.